The Morgan fingerprint density at radius 2 is 1.71 bits per heavy atom. The smallest absolute Gasteiger partial charge is 0.273 e. The number of amides is 2. The fourth-order valence-electron chi connectivity index (χ4n) is 2.52. The molecule has 1 heterocycles. The van der Waals surface area contributed by atoms with Crippen molar-refractivity contribution in [2.24, 2.45) is 5.92 Å². The van der Waals surface area contributed by atoms with Crippen molar-refractivity contribution in [1.29, 1.82) is 0 Å². The molecule has 2 aromatic carbocycles. The molecular weight excluding hydrogens is 354 g/mol. The molecule has 28 heavy (non-hydrogen) atoms. The van der Waals surface area contributed by atoms with Crippen LogP contribution in [0.2, 0.25) is 0 Å². The Labute approximate surface area is 163 Å². The van der Waals surface area contributed by atoms with Crippen LogP contribution < -0.4 is 10.6 Å². The average Bonchev–Trinajstić information content (AvgIpc) is 3.16. The summed E-state index contributed by atoms with van der Waals surface area (Å²) in [4.78, 5) is 24.0. The molecule has 0 bridgehead atoms. The Balaban J connectivity index is 1.52. The summed E-state index contributed by atoms with van der Waals surface area (Å²) in [5, 5.41) is 13.6. The summed E-state index contributed by atoms with van der Waals surface area (Å²) >= 11 is 0. The van der Waals surface area contributed by atoms with E-state index in [0.717, 1.165) is 16.8 Å². The first-order valence-corrected chi connectivity index (χ1v) is 9.13. The van der Waals surface area contributed by atoms with E-state index in [-0.39, 0.29) is 23.4 Å². The van der Waals surface area contributed by atoms with Gasteiger partial charge in [0, 0.05) is 18.2 Å². The van der Waals surface area contributed by atoms with Gasteiger partial charge in [0.05, 0.1) is 12.7 Å². The summed E-state index contributed by atoms with van der Waals surface area (Å²) in [6.07, 6.45) is 1.63. The molecule has 0 saturated carbocycles. The van der Waals surface area contributed by atoms with Crippen LogP contribution in [0.25, 0.3) is 0 Å². The summed E-state index contributed by atoms with van der Waals surface area (Å²) in [5.41, 5.74) is 3.02. The first kappa shape index (κ1) is 19.3. The third-order valence-corrected chi connectivity index (χ3v) is 4.16. The van der Waals surface area contributed by atoms with Gasteiger partial charge in [-0.1, -0.05) is 61.5 Å². The monoisotopic (exact) mass is 377 g/mol. The topological polar surface area (TPSA) is 88.9 Å². The predicted molar refractivity (Wildman–Crippen MR) is 107 cm³/mol. The van der Waals surface area contributed by atoms with E-state index < -0.39 is 0 Å². The molecule has 3 aromatic rings. The van der Waals surface area contributed by atoms with Crippen molar-refractivity contribution in [2.45, 2.75) is 26.9 Å². The van der Waals surface area contributed by atoms with Crippen molar-refractivity contribution < 1.29 is 9.59 Å². The lowest BCUT2D eigenvalue weighted by Crippen LogP contribution is -2.23. The van der Waals surface area contributed by atoms with E-state index in [1.165, 1.54) is 0 Å². The zero-order valence-electron chi connectivity index (χ0n) is 15.9. The molecule has 2 N–H and O–H groups in total. The molecule has 0 saturated heterocycles. The molecule has 3 rings (SSSR count). The summed E-state index contributed by atoms with van der Waals surface area (Å²) in [6, 6.07) is 17.2. The number of carbonyl (C=O) groups is 2. The Morgan fingerprint density at radius 1 is 1.00 bits per heavy atom. The first-order valence-electron chi connectivity index (χ1n) is 9.13. The molecule has 144 valence electrons. The second kappa shape index (κ2) is 8.94. The highest BCUT2D eigenvalue weighted by atomic mass is 16.2. The minimum atomic E-state index is -0.281. The van der Waals surface area contributed by atoms with E-state index >= 15 is 0 Å². The molecule has 7 nitrogen and oxygen atoms in total. The lowest BCUT2D eigenvalue weighted by molar-refractivity contribution is -0.118. The summed E-state index contributed by atoms with van der Waals surface area (Å²) in [7, 11) is 0. The predicted octanol–water partition coefficient (Wildman–Crippen LogP) is 2.85. The molecule has 0 spiro atoms. The largest absolute Gasteiger partial charge is 0.347 e. The standard InChI is InChI=1S/C21H23N5O2/c1-15(2)20(27)23-18-10-8-16(9-11-18)12-22-21(28)19-14-26(25-24-19)13-17-6-4-3-5-7-17/h3-11,14-15H,12-13H2,1-2H3,(H,22,28)(H,23,27). The summed E-state index contributed by atoms with van der Waals surface area (Å²) in [6.45, 7) is 4.61. The van der Waals surface area contributed by atoms with Crippen LogP contribution in [0.4, 0.5) is 5.69 Å². The maximum atomic E-state index is 12.3. The molecule has 2 amide bonds. The maximum absolute atomic E-state index is 12.3. The van der Waals surface area contributed by atoms with Crippen LogP contribution >= 0.6 is 0 Å². The number of hydrogen-bond donors (Lipinski definition) is 2. The lowest BCUT2D eigenvalue weighted by Gasteiger charge is -2.09. The van der Waals surface area contributed by atoms with Gasteiger partial charge in [0.25, 0.3) is 5.91 Å². The lowest BCUT2D eigenvalue weighted by atomic mass is 10.1. The van der Waals surface area contributed by atoms with Crippen molar-refractivity contribution in [3.63, 3.8) is 0 Å². The van der Waals surface area contributed by atoms with E-state index in [1.54, 1.807) is 10.9 Å². The van der Waals surface area contributed by atoms with Gasteiger partial charge in [-0.2, -0.15) is 0 Å². The van der Waals surface area contributed by atoms with Crippen LogP contribution in [0.5, 0.6) is 0 Å². The quantitative estimate of drug-likeness (QED) is 0.663. The second-order valence-electron chi connectivity index (χ2n) is 6.81. The Hall–Kier alpha value is -3.48. The van der Waals surface area contributed by atoms with Crippen molar-refractivity contribution in [3.05, 3.63) is 77.6 Å². The summed E-state index contributed by atoms with van der Waals surface area (Å²) in [5.74, 6) is -0.384. The highest BCUT2D eigenvalue weighted by Crippen LogP contribution is 2.11. The SMILES string of the molecule is CC(C)C(=O)Nc1ccc(CNC(=O)c2cn(Cc3ccccc3)nn2)cc1. The second-order valence-corrected chi connectivity index (χ2v) is 6.81. The molecule has 0 aliphatic heterocycles. The van der Waals surface area contributed by atoms with E-state index in [0.29, 0.717) is 13.1 Å². The molecule has 0 unspecified atom stereocenters. The van der Waals surface area contributed by atoms with Gasteiger partial charge >= 0.3 is 0 Å². The Bertz CT molecular complexity index is 933. The molecular formula is C21H23N5O2. The number of nitrogens with one attached hydrogen (secondary N) is 2. The zero-order chi connectivity index (χ0) is 19.9. The molecule has 0 fully saturated rings. The fraction of sp³-hybridized carbons (Fsp3) is 0.238. The van der Waals surface area contributed by atoms with Crippen LogP contribution in [0.1, 0.15) is 35.5 Å². The van der Waals surface area contributed by atoms with E-state index in [4.69, 9.17) is 0 Å². The van der Waals surface area contributed by atoms with Gasteiger partial charge in [-0.05, 0) is 23.3 Å². The number of carbonyl (C=O) groups excluding carboxylic acids is 2. The number of aromatic nitrogens is 3. The van der Waals surface area contributed by atoms with Gasteiger partial charge in [0.15, 0.2) is 5.69 Å². The van der Waals surface area contributed by atoms with Crippen LogP contribution in [0.3, 0.4) is 0 Å². The fourth-order valence-corrected chi connectivity index (χ4v) is 2.52. The average molecular weight is 377 g/mol. The van der Waals surface area contributed by atoms with Gasteiger partial charge in [0.2, 0.25) is 5.91 Å². The van der Waals surface area contributed by atoms with Gasteiger partial charge in [0.1, 0.15) is 0 Å². The number of benzene rings is 2. The molecule has 0 radical (unpaired) electrons. The number of anilines is 1. The van der Waals surface area contributed by atoms with Crippen molar-refractivity contribution in [2.75, 3.05) is 5.32 Å². The maximum Gasteiger partial charge on any atom is 0.273 e. The molecule has 0 atom stereocenters. The van der Waals surface area contributed by atoms with Crippen LogP contribution in [-0.2, 0) is 17.9 Å². The van der Waals surface area contributed by atoms with Gasteiger partial charge < -0.3 is 10.6 Å². The third kappa shape index (κ3) is 5.26. The van der Waals surface area contributed by atoms with E-state index in [2.05, 4.69) is 20.9 Å². The van der Waals surface area contributed by atoms with Gasteiger partial charge in [-0.15, -0.1) is 5.10 Å². The molecule has 0 aliphatic rings. The normalized spacial score (nSPS) is 10.7. The minimum Gasteiger partial charge on any atom is -0.347 e. The number of hydrogen-bond acceptors (Lipinski definition) is 4. The van der Waals surface area contributed by atoms with Crippen molar-refractivity contribution >= 4 is 17.5 Å². The Kier molecular flexibility index (Phi) is 6.16. The van der Waals surface area contributed by atoms with E-state index in [1.807, 2.05) is 68.4 Å². The van der Waals surface area contributed by atoms with Crippen LogP contribution in [-0.4, -0.2) is 26.8 Å². The molecule has 7 heteroatoms. The van der Waals surface area contributed by atoms with Crippen molar-refractivity contribution in [1.82, 2.24) is 20.3 Å². The van der Waals surface area contributed by atoms with E-state index in [9.17, 15) is 9.59 Å². The highest BCUT2D eigenvalue weighted by molar-refractivity contribution is 5.92. The van der Waals surface area contributed by atoms with Crippen molar-refractivity contribution in [3.8, 4) is 0 Å². The van der Waals surface area contributed by atoms with Gasteiger partial charge in [-0.25, -0.2) is 4.68 Å². The summed E-state index contributed by atoms with van der Waals surface area (Å²) < 4.78 is 1.64. The Morgan fingerprint density at radius 3 is 2.39 bits per heavy atom. The van der Waals surface area contributed by atoms with Crippen LogP contribution in [0.15, 0.2) is 60.8 Å². The minimum absolute atomic E-state index is 0.0281. The first-order chi connectivity index (χ1) is 13.5. The number of rotatable bonds is 7. The van der Waals surface area contributed by atoms with Crippen LogP contribution in [0, 0.1) is 5.92 Å². The third-order valence-electron chi connectivity index (χ3n) is 4.16. The number of nitrogens with zero attached hydrogens (tertiary/aromatic N) is 3. The van der Waals surface area contributed by atoms with Gasteiger partial charge in [-0.3, -0.25) is 9.59 Å². The zero-order valence-corrected chi connectivity index (χ0v) is 15.9. The highest BCUT2D eigenvalue weighted by Gasteiger charge is 2.11. The molecule has 0 aliphatic carbocycles. The molecule has 1 aromatic heterocycles.